The van der Waals surface area contributed by atoms with Crippen LogP contribution in [0.2, 0.25) is 0 Å². The first-order chi connectivity index (χ1) is 10.7. The number of anilines is 3. The highest BCUT2D eigenvalue weighted by Gasteiger charge is 1.90. The highest BCUT2D eigenvalue weighted by Crippen LogP contribution is 2.14. The van der Waals surface area contributed by atoms with E-state index in [2.05, 4.69) is 10.6 Å². The van der Waals surface area contributed by atoms with Crippen LogP contribution in [-0.2, 0) is 4.79 Å². The summed E-state index contributed by atoms with van der Waals surface area (Å²) in [5.74, 6) is 0. The van der Waals surface area contributed by atoms with Crippen molar-refractivity contribution in [3.8, 4) is 0 Å². The van der Waals surface area contributed by atoms with Gasteiger partial charge < -0.3 is 16.4 Å². The Kier molecular flexibility index (Phi) is 10.4. The Morgan fingerprint density at radius 3 is 1.95 bits per heavy atom. The first-order valence-electron chi connectivity index (χ1n) is 6.99. The summed E-state index contributed by atoms with van der Waals surface area (Å²) in [5, 5.41) is 5.43. The van der Waals surface area contributed by atoms with Gasteiger partial charge in [0.15, 0.2) is 0 Å². The lowest BCUT2D eigenvalue weighted by Crippen LogP contribution is -1.93. The predicted octanol–water partition coefficient (Wildman–Crippen LogP) is 3.40. The summed E-state index contributed by atoms with van der Waals surface area (Å²) in [6.45, 7) is 4.00. The number of nitrogens with two attached hydrogens (primary N) is 1. The molecule has 0 unspecified atom stereocenters. The molecule has 2 rings (SSSR count). The van der Waals surface area contributed by atoms with Gasteiger partial charge in [-0.25, -0.2) is 0 Å². The van der Waals surface area contributed by atoms with Crippen LogP contribution in [0.3, 0.4) is 0 Å². The minimum atomic E-state index is 0.593. The van der Waals surface area contributed by atoms with Crippen molar-refractivity contribution in [3.05, 3.63) is 54.1 Å². The summed E-state index contributed by atoms with van der Waals surface area (Å²) in [5.41, 5.74) is 8.63. The van der Waals surface area contributed by atoms with Gasteiger partial charge in [0.05, 0.1) is 11.4 Å². The number of benzene rings is 2. The zero-order valence-corrected chi connectivity index (χ0v) is 13.2. The molecule has 0 heterocycles. The highest BCUT2D eigenvalue weighted by atomic mass is 16.1. The number of carbonyl (C=O) groups is 2. The summed E-state index contributed by atoms with van der Waals surface area (Å²) >= 11 is 0. The molecule has 22 heavy (non-hydrogen) atoms. The third kappa shape index (κ3) is 7.09. The lowest BCUT2D eigenvalue weighted by molar-refractivity contribution is -0.105. The van der Waals surface area contributed by atoms with Crippen LogP contribution in [0, 0.1) is 0 Å². The van der Waals surface area contributed by atoms with Crippen molar-refractivity contribution in [2.75, 3.05) is 23.4 Å². The Morgan fingerprint density at radius 1 is 0.955 bits per heavy atom. The van der Waals surface area contributed by atoms with Gasteiger partial charge in [-0.15, -0.1) is 0 Å². The highest BCUT2D eigenvalue weighted by molar-refractivity contribution is 5.77. The topological polar surface area (TPSA) is 84.2 Å². The van der Waals surface area contributed by atoms with Crippen LogP contribution in [0.15, 0.2) is 48.5 Å². The van der Waals surface area contributed by atoms with Gasteiger partial charge in [-0.1, -0.05) is 26.0 Å². The maximum absolute atomic E-state index is 10.2. The first kappa shape index (κ1) is 19.2. The Balaban J connectivity index is 0.000000366. The second-order valence-electron chi connectivity index (χ2n) is 3.84. The van der Waals surface area contributed by atoms with Crippen molar-refractivity contribution in [2.24, 2.45) is 0 Å². The third-order valence-electron chi connectivity index (χ3n) is 2.50. The second kappa shape index (κ2) is 12.0. The molecule has 0 saturated carbocycles. The van der Waals surface area contributed by atoms with Crippen LogP contribution in [-0.4, -0.2) is 19.7 Å². The van der Waals surface area contributed by atoms with Gasteiger partial charge in [0.2, 0.25) is 6.41 Å². The molecule has 118 valence electrons. The molecule has 0 aliphatic heterocycles. The van der Waals surface area contributed by atoms with Gasteiger partial charge in [-0.3, -0.25) is 9.59 Å². The maximum Gasteiger partial charge on any atom is 0.211 e. The van der Waals surface area contributed by atoms with E-state index in [1.54, 1.807) is 24.3 Å². The maximum atomic E-state index is 10.2. The van der Waals surface area contributed by atoms with E-state index < -0.39 is 0 Å². The van der Waals surface area contributed by atoms with Crippen LogP contribution in [0.5, 0.6) is 0 Å². The molecule has 0 spiro atoms. The van der Waals surface area contributed by atoms with Crippen LogP contribution in [0.4, 0.5) is 17.1 Å². The number of hydrogen-bond donors (Lipinski definition) is 3. The smallest absolute Gasteiger partial charge is 0.211 e. The fourth-order valence-corrected chi connectivity index (χ4v) is 1.45. The van der Waals surface area contributed by atoms with Crippen molar-refractivity contribution >= 4 is 29.8 Å². The SMILES string of the molecule is CC.CNc1ccccc1N.O=CNc1ccc(C=O)cc1. The summed E-state index contributed by atoms with van der Waals surface area (Å²) in [7, 11) is 1.85. The Bertz CT molecular complexity index is 554. The summed E-state index contributed by atoms with van der Waals surface area (Å²) < 4.78 is 0. The van der Waals surface area contributed by atoms with Crippen LogP contribution in [0.25, 0.3) is 0 Å². The standard InChI is InChI=1S/C8H7NO2.C7H10N2.C2H6/c10-5-7-1-3-8(4-2-7)9-6-11;1-9-7-5-3-2-4-6(7)8;1-2/h1-6H,(H,9,11);2-5,9H,8H2,1H3;1-2H3. The average Bonchev–Trinajstić information content (AvgIpc) is 2.59. The number of hydrogen-bond acceptors (Lipinski definition) is 4. The molecule has 0 aliphatic rings. The average molecular weight is 301 g/mol. The van der Waals surface area contributed by atoms with Gasteiger partial charge in [0, 0.05) is 18.3 Å². The normalized spacial score (nSPS) is 8.32. The van der Waals surface area contributed by atoms with E-state index in [0.29, 0.717) is 17.7 Å². The number of amides is 1. The van der Waals surface area contributed by atoms with Crippen molar-refractivity contribution in [3.63, 3.8) is 0 Å². The molecule has 0 aromatic heterocycles. The largest absolute Gasteiger partial charge is 0.397 e. The predicted molar refractivity (Wildman–Crippen MR) is 93.3 cm³/mol. The molecule has 1 amide bonds. The minimum absolute atomic E-state index is 0.593. The van der Waals surface area contributed by atoms with E-state index in [0.717, 1.165) is 17.7 Å². The van der Waals surface area contributed by atoms with E-state index in [1.807, 2.05) is 45.2 Å². The minimum Gasteiger partial charge on any atom is -0.397 e. The monoisotopic (exact) mass is 301 g/mol. The van der Waals surface area contributed by atoms with Gasteiger partial charge in [0.1, 0.15) is 6.29 Å². The van der Waals surface area contributed by atoms with Gasteiger partial charge >= 0.3 is 0 Å². The number of aldehydes is 1. The zero-order chi connectivity index (χ0) is 16.8. The fourth-order valence-electron chi connectivity index (χ4n) is 1.45. The molecule has 2 aromatic rings. The van der Waals surface area contributed by atoms with Gasteiger partial charge in [-0.05, 0) is 36.4 Å². The summed E-state index contributed by atoms with van der Waals surface area (Å²) in [4.78, 5) is 20.1. The molecule has 5 heteroatoms. The molecule has 2 aromatic carbocycles. The molecule has 0 aliphatic carbocycles. The number of para-hydroxylation sites is 2. The van der Waals surface area contributed by atoms with Crippen LogP contribution >= 0.6 is 0 Å². The molecule has 4 N–H and O–H groups in total. The Labute approximate surface area is 131 Å². The van der Waals surface area contributed by atoms with Crippen LogP contribution in [0.1, 0.15) is 24.2 Å². The van der Waals surface area contributed by atoms with E-state index in [-0.39, 0.29) is 0 Å². The zero-order valence-electron chi connectivity index (χ0n) is 13.2. The molecule has 0 saturated heterocycles. The number of nitrogens with one attached hydrogen (secondary N) is 2. The van der Waals surface area contributed by atoms with Gasteiger partial charge in [-0.2, -0.15) is 0 Å². The van der Waals surface area contributed by atoms with Crippen molar-refractivity contribution in [2.45, 2.75) is 13.8 Å². The quantitative estimate of drug-likeness (QED) is 0.597. The molecule has 0 bridgehead atoms. The molecule has 0 radical (unpaired) electrons. The van der Waals surface area contributed by atoms with Crippen LogP contribution < -0.4 is 16.4 Å². The number of rotatable bonds is 4. The van der Waals surface area contributed by atoms with Gasteiger partial charge in [0.25, 0.3) is 0 Å². The van der Waals surface area contributed by atoms with E-state index in [1.165, 1.54) is 0 Å². The Hall–Kier alpha value is -2.82. The van der Waals surface area contributed by atoms with Crippen molar-refractivity contribution in [1.29, 1.82) is 0 Å². The second-order valence-corrected chi connectivity index (χ2v) is 3.84. The lowest BCUT2D eigenvalue weighted by atomic mass is 10.2. The Morgan fingerprint density at radius 2 is 1.55 bits per heavy atom. The fraction of sp³-hybridized carbons (Fsp3) is 0.176. The molecule has 0 atom stereocenters. The van der Waals surface area contributed by atoms with E-state index >= 15 is 0 Å². The molecule has 0 fully saturated rings. The van der Waals surface area contributed by atoms with E-state index in [9.17, 15) is 9.59 Å². The number of nitrogen functional groups attached to an aromatic ring is 1. The molecule has 5 nitrogen and oxygen atoms in total. The van der Waals surface area contributed by atoms with Crippen molar-refractivity contribution < 1.29 is 9.59 Å². The molecular weight excluding hydrogens is 278 g/mol. The summed E-state index contributed by atoms with van der Waals surface area (Å²) in [6, 6.07) is 14.3. The molecular formula is C17H23N3O2. The third-order valence-corrected chi connectivity index (χ3v) is 2.50. The number of carbonyl (C=O) groups excluding carboxylic acids is 2. The first-order valence-corrected chi connectivity index (χ1v) is 6.99. The lowest BCUT2D eigenvalue weighted by Gasteiger charge is -2.01. The van der Waals surface area contributed by atoms with E-state index in [4.69, 9.17) is 5.73 Å². The van der Waals surface area contributed by atoms with Crippen molar-refractivity contribution in [1.82, 2.24) is 0 Å². The summed E-state index contributed by atoms with van der Waals surface area (Å²) in [6.07, 6.45) is 1.35.